The first-order chi connectivity index (χ1) is 25.3. The molecule has 0 aromatic rings. The molecule has 0 fully saturated rings. The second kappa shape index (κ2) is 38.7. The van der Waals surface area contributed by atoms with Crippen molar-refractivity contribution in [2.75, 3.05) is 26.4 Å². The molecule has 1 amide bonds. The smallest absolute Gasteiger partial charge is 0.463 e. The number of phosphoric acid groups is 1. The van der Waals surface area contributed by atoms with Crippen LogP contribution in [0.5, 0.6) is 0 Å². The number of carbonyl (C=O) groups excluding carboxylic acids is 2. The topological polar surface area (TPSA) is 131 Å². The van der Waals surface area contributed by atoms with Crippen molar-refractivity contribution >= 4 is 19.7 Å². The average molecular weight is 754 g/mol. The van der Waals surface area contributed by atoms with Gasteiger partial charge in [0.25, 0.3) is 0 Å². The lowest BCUT2D eigenvalue weighted by atomic mass is 10.1. The third-order valence-electron chi connectivity index (χ3n) is 8.49. The van der Waals surface area contributed by atoms with E-state index in [0.717, 1.165) is 77.0 Å². The zero-order valence-electron chi connectivity index (χ0n) is 33.0. The van der Waals surface area contributed by atoms with Crippen molar-refractivity contribution in [2.45, 2.75) is 180 Å². The summed E-state index contributed by atoms with van der Waals surface area (Å²) in [5.74, 6) is -0.553. The van der Waals surface area contributed by atoms with Gasteiger partial charge in [-0.2, -0.15) is 0 Å². The van der Waals surface area contributed by atoms with Crippen molar-refractivity contribution in [3.63, 3.8) is 0 Å². The van der Waals surface area contributed by atoms with Crippen LogP contribution in [-0.4, -0.2) is 54.3 Å². The fraction of sp³-hybridized carbons (Fsp3) is 0.762. The fourth-order valence-corrected chi connectivity index (χ4v) is 6.15. The first-order valence-electron chi connectivity index (χ1n) is 20.6. The second-order valence-electron chi connectivity index (χ2n) is 13.6. The van der Waals surface area contributed by atoms with Crippen LogP contribution in [0.2, 0.25) is 0 Å². The first-order valence-corrected chi connectivity index (χ1v) is 22.1. The van der Waals surface area contributed by atoms with Gasteiger partial charge in [0.15, 0.2) is 0 Å². The Bertz CT molecular complexity index is 996. The van der Waals surface area contributed by atoms with Gasteiger partial charge in [-0.05, 0) is 70.6 Å². The molecule has 0 spiro atoms. The molecule has 0 heterocycles. The van der Waals surface area contributed by atoms with Crippen molar-refractivity contribution in [1.29, 1.82) is 0 Å². The molecule has 0 aliphatic heterocycles. The van der Waals surface area contributed by atoms with E-state index in [1.807, 2.05) is 0 Å². The minimum absolute atomic E-state index is 0.0639. The van der Waals surface area contributed by atoms with E-state index in [2.05, 4.69) is 67.8 Å². The van der Waals surface area contributed by atoms with Crippen molar-refractivity contribution in [3.05, 3.63) is 48.6 Å². The van der Waals surface area contributed by atoms with Gasteiger partial charge in [0.2, 0.25) is 5.91 Å². The zero-order valence-corrected chi connectivity index (χ0v) is 33.9. The number of esters is 1. The van der Waals surface area contributed by atoms with Gasteiger partial charge in [-0.15, -0.1) is 0 Å². The van der Waals surface area contributed by atoms with Crippen LogP contribution in [0.25, 0.3) is 0 Å². The summed E-state index contributed by atoms with van der Waals surface area (Å²) in [6.07, 6.45) is 43.3. The molecule has 0 aromatic heterocycles. The lowest BCUT2D eigenvalue weighted by Crippen LogP contribution is -2.27. The van der Waals surface area contributed by atoms with E-state index in [4.69, 9.17) is 13.8 Å². The highest BCUT2D eigenvalue weighted by molar-refractivity contribution is 7.47. The Balaban J connectivity index is 3.64. The number of hydrogen-bond donors (Lipinski definition) is 3. The van der Waals surface area contributed by atoms with Crippen molar-refractivity contribution < 1.29 is 37.9 Å². The number of amides is 1. The van der Waals surface area contributed by atoms with Gasteiger partial charge in [-0.25, -0.2) is 4.57 Å². The Morgan fingerprint density at radius 1 is 0.615 bits per heavy atom. The maximum atomic E-state index is 12.1. The predicted molar refractivity (Wildman–Crippen MR) is 215 cm³/mol. The Morgan fingerprint density at radius 3 is 1.69 bits per heavy atom. The lowest BCUT2D eigenvalue weighted by molar-refractivity contribution is -0.147. The van der Waals surface area contributed by atoms with Crippen LogP contribution in [0, 0.1) is 0 Å². The first kappa shape index (κ1) is 50.0. The van der Waals surface area contributed by atoms with Gasteiger partial charge in [-0.1, -0.05) is 140 Å². The molecule has 0 rings (SSSR count). The van der Waals surface area contributed by atoms with E-state index in [1.165, 1.54) is 70.6 Å². The summed E-state index contributed by atoms with van der Waals surface area (Å²) in [6, 6.07) is 0. The number of ether oxygens (including phenoxy) is 1. The van der Waals surface area contributed by atoms with Gasteiger partial charge < -0.3 is 20.1 Å². The monoisotopic (exact) mass is 754 g/mol. The van der Waals surface area contributed by atoms with Crippen LogP contribution in [0.4, 0.5) is 0 Å². The summed E-state index contributed by atoms with van der Waals surface area (Å²) in [7, 11) is -4.42. The number of allylic oxidation sites excluding steroid dienone is 8. The van der Waals surface area contributed by atoms with Gasteiger partial charge in [-0.3, -0.25) is 18.6 Å². The van der Waals surface area contributed by atoms with Crippen LogP contribution in [-0.2, 0) is 27.9 Å². The minimum atomic E-state index is -4.42. The van der Waals surface area contributed by atoms with Gasteiger partial charge >= 0.3 is 13.8 Å². The highest BCUT2D eigenvalue weighted by atomic mass is 31.2. The van der Waals surface area contributed by atoms with Crippen LogP contribution < -0.4 is 5.32 Å². The molecule has 0 bridgehead atoms. The van der Waals surface area contributed by atoms with Crippen LogP contribution >= 0.6 is 7.82 Å². The molecule has 0 aliphatic carbocycles. The molecule has 9 nitrogen and oxygen atoms in total. The third kappa shape index (κ3) is 39.2. The summed E-state index contributed by atoms with van der Waals surface area (Å²) in [6.45, 7) is 3.39. The van der Waals surface area contributed by atoms with E-state index < -0.39 is 26.5 Å². The maximum absolute atomic E-state index is 12.1. The Hall–Kier alpha value is -2.03. The van der Waals surface area contributed by atoms with E-state index in [9.17, 15) is 24.2 Å². The normalized spacial score (nSPS) is 13.8. The molecule has 302 valence electrons. The summed E-state index contributed by atoms with van der Waals surface area (Å²) < 4.78 is 26.8. The maximum Gasteiger partial charge on any atom is 0.472 e. The molecular formula is C42H76NO8P. The molecule has 2 unspecified atom stereocenters. The predicted octanol–water partition coefficient (Wildman–Crippen LogP) is 11.2. The number of nitrogens with one attached hydrogen (secondary N) is 1. The van der Waals surface area contributed by atoms with E-state index >= 15 is 0 Å². The molecule has 52 heavy (non-hydrogen) atoms. The molecular weight excluding hydrogens is 677 g/mol. The summed E-state index contributed by atoms with van der Waals surface area (Å²) in [5.41, 5.74) is 0. The zero-order chi connectivity index (χ0) is 38.2. The van der Waals surface area contributed by atoms with E-state index in [0.29, 0.717) is 6.42 Å². The summed E-state index contributed by atoms with van der Waals surface area (Å²) in [5, 5.41) is 12.7. The largest absolute Gasteiger partial charge is 0.472 e. The van der Waals surface area contributed by atoms with Gasteiger partial charge in [0, 0.05) is 19.4 Å². The summed E-state index contributed by atoms with van der Waals surface area (Å²) >= 11 is 0. The number of phosphoric ester groups is 1. The molecule has 0 saturated heterocycles. The minimum Gasteiger partial charge on any atom is -0.463 e. The van der Waals surface area contributed by atoms with Crippen molar-refractivity contribution in [1.82, 2.24) is 5.32 Å². The molecule has 0 aliphatic rings. The average Bonchev–Trinajstić information content (AvgIpc) is 3.13. The number of aliphatic hydroxyl groups excluding tert-OH is 1. The number of carbonyl (C=O) groups is 2. The molecule has 10 heteroatoms. The van der Waals surface area contributed by atoms with Crippen molar-refractivity contribution in [3.8, 4) is 0 Å². The van der Waals surface area contributed by atoms with E-state index in [-0.39, 0.29) is 32.1 Å². The van der Waals surface area contributed by atoms with Crippen LogP contribution in [0.3, 0.4) is 0 Å². The number of rotatable bonds is 38. The van der Waals surface area contributed by atoms with Gasteiger partial charge in [0.05, 0.1) is 13.2 Å². The Morgan fingerprint density at radius 2 is 1.10 bits per heavy atom. The molecule has 2 atom stereocenters. The van der Waals surface area contributed by atoms with Crippen molar-refractivity contribution in [2.24, 2.45) is 0 Å². The van der Waals surface area contributed by atoms with Crippen LogP contribution in [0.15, 0.2) is 48.6 Å². The highest BCUT2D eigenvalue weighted by Crippen LogP contribution is 2.42. The Kier molecular flexibility index (Phi) is 37.2. The SMILES string of the molecule is CC/C=C\C/C=C\C/C=C\CCCCCC(=O)NCCOP(=O)(O)OCC(O)COC(=O)CCCCCCCCC/C=C\CCCCCCCCC. The lowest BCUT2D eigenvalue weighted by Gasteiger charge is -2.15. The summed E-state index contributed by atoms with van der Waals surface area (Å²) in [4.78, 5) is 33.8. The Labute approximate surface area is 317 Å². The quantitative estimate of drug-likeness (QED) is 0.0246. The standard InChI is InChI=1S/C42H76NO8P/c1-3-5-7-9-11-13-15-17-18-19-20-21-23-25-27-29-31-33-35-42(46)49-38-40(44)39-51-52(47,48)50-37-36-43-41(45)34-32-30-28-26-24-22-16-14-12-10-8-6-4-2/h6,8,12,14,18-19,22,24,40,44H,3-5,7,9-11,13,15-17,20-21,23,25-39H2,1-2H3,(H,43,45)(H,47,48)/b8-6-,14-12-,19-18-,24-22-. The number of hydrogen-bond acceptors (Lipinski definition) is 7. The molecule has 0 radical (unpaired) electrons. The molecule has 0 saturated carbocycles. The highest BCUT2D eigenvalue weighted by Gasteiger charge is 2.23. The molecule has 0 aromatic carbocycles. The fourth-order valence-electron chi connectivity index (χ4n) is 5.39. The van der Waals surface area contributed by atoms with Gasteiger partial charge in [0.1, 0.15) is 12.7 Å². The van der Waals surface area contributed by atoms with E-state index in [1.54, 1.807) is 0 Å². The number of unbranched alkanes of at least 4 members (excludes halogenated alkanes) is 17. The number of aliphatic hydroxyl groups is 1. The second-order valence-corrected chi connectivity index (χ2v) is 15.0. The van der Waals surface area contributed by atoms with Crippen LogP contribution in [0.1, 0.15) is 174 Å². The molecule has 3 N–H and O–H groups in total. The third-order valence-corrected chi connectivity index (χ3v) is 9.48.